The number of anilines is 1. The molecule has 3 nitrogen and oxygen atoms in total. The standard InChI is InChI=1S/C16H20N2O/c1-11-5-4-7-13(11)10-18-15(17)9-12-6-2-3-8-14(12)16(18)19/h2-3,6,8-9,11,13H,4-5,7,10,17H2,1H3. The van der Waals surface area contributed by atoms with Crippen molar-refractivity contribution < 1.29 is 0 Å². The zero-order valence-corrected chi connectivity index (χ0v) is 11.3. The highest BCUT2D eigenvalue weighted by molar-refractivity contribution is 5.83. The molecule has 2 atom stereocenters. The number of nitrogen functional groups attached to an aromatic ring is 1. The van der Waals surface area contributed by atoms with E-state index in [9.17, 15) is 4.79 Å². The van der Waals surface area contributed by atoms with Gasteiger partial charge in [0, 0.05) is 11.9 Å². The molecule has 3 rings (SSSR count). The minimum atomic E-state index is 0.0506. The zero-order valence-electron chi connectivity index (χ0n) is 11.3. The maximum atomic E-state index is 12.5. The molecule has 2 aromatic rings. The van der Waals surface area contributed by atoms with E-state index in [2.05, 4.69) is 6.92 Å². The molecular weight excluding hydrogens is 236 g/mol. The highest BCUT2D eigenvalue weighted by atomic mass is 16.1. The van der Waals surface area contributed by atoms with Crippen LogP contribution in [-0.2, 0) is 6.54 Å². The van der Waals surface area contributed by atoms with Crippen LogP contribution in [0.3, 0.4) is 0 Å². The van der Waals surface area contributed by atoms with Gasteiger partial charge in [-0.15, -0.1) is 0 Å². The van der Waals surface area contributed by atoms with Gasteiger partial charge in [0.1, 0.15) is 5.82 Å². The number of fused-ring (bicyclic) bond motifs is 1. The largest absolute Gasteiger partial charge is 0.385 e. The summed E-state index contributed by atoms with van der Waals surface area (Å²) in [5.41, 5.74) is 6.12. The first kappa shape index (κ1) is 12.3. The fourth-order valence-corrected chi connectivity index (χ4v) is 3.23. The van der Waals surface area contributed by atoms with Crippen molar-refractivity contribution in [1.29, 1.82) is 0 Å². The van der Waals surface area contributed by atoms with Gasteiger partial charge in [0.15, 0.2) is 0 Å². The van der Waals surface area contributed by atoms with E-state index in [0.29, 0.717) is 17.7 Å². The lowest BCUT2D eigenvalue weighted by atomic mass is 9.98. The lowest BCUT2D eigenvalue weighted by Crippen LogP contribution is -2.27. The molecule has 1 aromatic carbocycles. The molecule has 0 aliphatic heterocycles. The molecule has 1 aliphatic rings. The van der Waals surface area contributed by atoms with Crippen molar-refractivity contribution in [3.63, 3.8) is 0 Å². The van der Waals surface area contributed by atoms with Crippen molar-refractivity contribution in [3.8, 4) is 0 Å². The van der Waals surface area contributed by atoms with Crippen LogP contribution < -0.4 is 11.3 Å². The van der Waals surface area contributed by atoms with E-state index in [4.69, 9.17) is 5.73 Å². The molecule has 0 spiro atoms. The first-order valence-corrected chi connectivity index (χ1v) is 7.05. The first-order chi connectivity index (χ1) is 9.16. The molecule has 1 fully saturated rings. The maximum absolute atomic E-state index is 12.5. The van der Waals surface area contributed by atoms with E-state index < -0.39 is 0 Å². The monoisotopic (exact) mass is 256 g/mol. The Balaban J connectivity index is 2.05. The summed E-state index contributed by atoms with van der Waals surface area (Å²) < 4.78 is 1.76. The van der Waals surface area contributed by atoms with Gasteiger partial charge in [-0.05, 0) is 35.8 Å². The van der Waals surface area contributed by atoms with Crippen LogP contribution in [-0.4, -0.2) is 4.57 Å². The van der Waals surface area contributed by atoms with Crippen LogP contribution >= 0.6 is 0 Å². The Labute approximate surface area is 113 Å². The Morgan fingerprint density at radius 2 is 2.11 bits per heavy atom. The number of nitrogens with two attached hydrogens (primary N) is 1. The number of rotatable bonds is 2. The van der Waals surface area contributed by atoms with Gasteiger partial charge in [-0.1, -0.05) is 38.0 Å². The normalized spacial score (nSPS) is 23.0. The van der Waals surface area contributed by atoms with Crippen molar-refractivity contribution in [2.75, 3.05) is 5.73 Å². The molecule has 1 aliphatic carbocycles. The van der Waals surface area contributed by atoms with Crippen molar-refractivity contribution in [3.05, 3.63) is 40.7 Å². The topological polar surface area (TPSA) is 48.0 Å². The summed E-state index contributed by atoms with van der Waals surface area (Å²) in [5.74, 6) is 1.86. The predicted octanol–water partition coefficient (Wildman–Crippen LogP) is 3.02. The van der Waals surface area contributed by atoms with Gasteiger partial charge in [0.2, 0.25) is 0 Å². The molecule has 2 N–H and O–H groups in total. The molecular formula is C16H20N2O. The van der Waals surface area contributed by atoms with Crippen molar-refractivity contribution in [1.82, 2.24) is 4.57 Å². The Morgan fingerprint density at radius 1 is 1.32 bits per heavy atom. The average Bonchev–Trinajstić information content (AvgIpc) is 2.80. The second kappa shape index (κ2) is 4.72. The Kier molecular flexibility index (Phi) is 3.05. The highest BCUT2D eigenvalue weighted by Crippen LogP contribution is 2.32. The Morgan fingerprint density at radius 3 is 2.84 bits per heavy atom. The highest BCUT2D eigenvalue weighted by Gasteiger charge is 2.24. The van der Waals surface area contributed by atoms with E-state index in [1.165, 1.54) is 19.3 Å². The summed E-state index contributed by atoms with van der Waals surface area (Å²) in [7, 11) is 0. The van der Waals surface area contributed by atoms with Gasteiger partial charge in [-0.2, -0.15) is 0 Å². The summed E-state index contributed by atoms with van der Waals surface area (Å²) in [6, 6.07) is 9.57. The summed E-state index contributed by atoms with van der Waals surface area (Å²) in [4.78, 5) is 12.5. The fraction of sp³-hybridized carbons (Fsp3) is 0.438. The number of aromatic nitrogens is 1. The smallest absolute Gasteiger partial charge is 0.259 e. The van der Waals surface area contributed by atoms with Crippen LogP contribution in [0.2, 0.25) is 0 Å². The molecule has 2 unspecified atom stereocenters. The summed E-state index contributed by atoms with van der Waals surface area (Å²) in [5, 5.41) is 1.70. The quantitative estimate of drug-likeness (QED) is 0.897. The van der Waals surface area contributed by atoms with E-state index >= 15 is 0 Å². The molecule has 0 saturated heterocycles. The number of nitrogens with zero attached hydrogens (tertiary/aromatic N) is 1. The third-order valence-corrected chi connectivity index (χ3v) is 4.51. The average molecular weight is 256 g/mol. The predicted molar refractivity (Wildman–Crippen MR) is 79.1 cm³/mol. The van der Waals surface area contributed by atoms with Crippen LogP contribution in [0.1, 0.15) is 26.2 Å². The van der Waals surface area contributed by atoms with Crippen molar-refractivity contribution >= 4 is 16.6 Å². The van der Waals surface area contributed by atoms with E-state index in [1.807, 2.05) is 30.3 Å². The number of hydrogen-bond acceptors (Lipinski definition) is 2. The fourth-order valence-electron chi connectivity index (χ4n) is 3.23. The van der Waals surface area contributed by atoms with Gasteiger partial charge < -0.3 is 5.73 Å². The second-order valence-corrected chi connectivity index (χ2v) is 5.74. The van der Waals surface area contributed by atoms with Crippen molar-refractivity contribution in [2.24, 2.45) is 11.8 Å². The van der Waals surface area contributed by atoms with Gasteiger partial charge in [-0.3, -0.25) is 9.36 Å². The van der Waals surface area contributed by atoms with Crippen LogP contribution in [0.5, 0.6) is 0 Å². The molecule has 100 valence electrons. The van der Waals surface area contributed by atoms with Gasteiger partial charge in [0.25, 0.3) is 5.56 Å². The second-order valence-electron chi connectivity index (χ2n) is 5.74. The minimum absolute atomic E-state index is 0.0506. The molecule has 19 heavy (non-hydrogen) atoms. The summed E-state index contributed by atoms with van der Waals surface area (Å²) in [6.07, 6.45) is 3.75. The number of benzene rings is 1. The molecule has 0 bridgehead atoms. The molecule has 1 saturated carbocycles. The maximum Gasteiger partial charge on any atom is 0.259 e. The van der Waals surface area contributed by atoms with E-state index in [1.54, 1.807) is 4.57 Å². The molecule has 1 heterocycles. The molecule has 0 radical (unpaired) electrons. The lowest BCUT2D eigenvalue weighted by Gasteiger charge is -2.19. The van der Waals surface area contributed by atoms with E-state index in [0.717, 1.165) is 17.3 Å². The van der Waals surface area contributed by atoms with Crippen LogP contribution in [0.25, 0.3) is 10.8 Å². The van der Waals surface area contributed by atoms with Crippen LogP contribution in [0.4, 0.5) is 5.82 Å². The van der Waals surface area contributed by atoms with E-state index in [-0.39, 0.29) is 5.56 Å². The SMILES string of the molecule is CC1CCCC1Cn1c(N)cc2ccccc2c1=O. The van der Waals surface area contributed by atoms with Gasteiger partial charge >= 0.3 is 0 Å². The minimum Gasteiger partial charge on any atom is -0.385 e. The first-order valence-electron chi connectivity index (χ1n) is 7.05. The van der Waals surface area contributed by atoms with Crippen LogP contribution in [0, 0.1) is 11.8 Å². The zero-order chi connectivity index (χ0) is 13.4. The van der Waals surface area contributed by atoms with Gasteiger partial charge in [0.05, 0.1) is 0 Å². The number of pyridine rings is 1. The third kappa shape index (κ3) is 2.14. The molecule has 3 heteroatoms. The third-order valence-electron chi connectivity index (χ3n) is 4.51. The Hall–Kier alpha value is -1.77. The summed E-state index contributed by atoms with van der Waals surface area (Å²) in [6.45, 7) is 3.04. The van der Waals surface area contributed by atoms with Crippen LogP contribution in [0.15, 0.2) is 35.1 Å². The molecule has 0 amide bonds. The Bertz CT molecular complexity index is 659. The van der Waals surface area contributed by atoms with Crippen molar-refractivity contribution in [2.45, 2.75) is 32.7 Å². The summed E-state index contributed by atoms with van der Waals surface area (Å²) >= 11 is 0. The number of hydrogen-bond donors (Lipinski definition) is 1. The lowest BCUT2D eigenvalue weighted by molar-refractivity contribution is 0.362. The van der Waals surface area contributed by atoms with Gasteiger partial charge in [-0.25, -0.2) is 0 Å². The molecule has 1 aromatic heterocycles.